The summed E-state index contributed by atoms with van der Waals surface area (Å²) in [5, 5.41) is 2.49. The van der Waals surface area contributed by atoms with Gasteiger partial charge in [-0.15, -0.1) is 0 Å². The molecule has 0 unspecified atom stereocenters. The second-order valence-electron chi connectivity index (χ2n) is 4.52. The normalized spacial score (nSPS) is 10.0. The first-order chi connectivity index (χ1) is 10.1. The number of halogens is 1. The number of nitrogens with one attached hydrogen (secondary N) is 1. The van der Waals surface area contributed by atoms with Gasteiger partial charge in [0.2, 0.25) is 11.8 Å². The second kappa shape index (κ2) is 6.65. The highest BCUT2D eigenvalue weighted by atomic mass is 19.1. The van der Waals surface area contributed by atoms with E-state index in [1.54, 1.807) is 25.2 Å². The Kier molecular flexibility index (Phi) is 4.66. The zero-order chi connectivity index (χ0) is 15.2. The van der Waals surface area contributed by atoms with Crippen LogP contribution in [0.3, 0.4) is 0 Å². The average Bonchev–Trinajstić information content (AvgIpc) is 2.47. The van der Waals surface area contributed by atoms with Gasteiger partial charge in [-0.25, -0.2) is 4.39 Å². The number of nitrogens with zero attached hydrogens (tertiary/aromatic N) is 1. The van der Waals surface area contributed by atoms with Gasteiger partial charge in [0.05, 0.1) is 0 Å². The Morgan fingerprint density at radius 2 is 1.81 bits per heavy atom. The summed E-state index contributed by atoms with van der Waals surface area (Å²) in [4.78, 5) is 25.2. The minimum Gasteiger partial charge on any atom is -0.326 e. The Morgan fingerprint density at radius 3 is 2.48 bits per heavy atom. The van der Waals surface area contributed by atoms with Crippen molar-refractivity contribution in [2.75, 3.05) is 17.3 Å². The quantitative estimate of drug-likeness (QED) is 0.879. The highest BCUT2D eigenvalue weighted by Gasteiger charge is 2.15. The van der Waals surface area contributed by atoms with Crippen LogP contribution in [0, 0.1) is 5.82 Å². The van der Waals surface area contributed by atoms with E-state index in [9.17, 15) is 14.0 Å². The lowest BCUT2D eigenvalue weighted by Crippen LogP contribution is -2.30. The summed E-state index contributed by atoms with van der Waals surface area (Å²) in [5.41, 5.74) is 1.04. The lowest BCUT2D eigenvalue weighted by Gasteiger charge is -2.17. The molecule has 0 fully saturated rings. The lowest BCUT2D eigenvalue weighted by atomic mass is 10.2. The summed E-state index contributed by atoms with van der Waals surface area (Å²) >= 11 is 0. The molecule has 1 N–H and O–H groups in total. The monoisotopic (exact) mass is 286 g/mol. The predicted molar refractivity (Wildman–Crippen MR) is 79.5 cm³/mol. The van der Waals surface area contributed by atoms with Crippen LogP contribution in [0.25, 0.3) is 0 Å². The van der Waals surface area contributed by atoms with Crippen molar-refractivity contribution in [2.45, 2.75) is 6.42 Å². The fourth-order valence-electron chi connectivity index (χ4n) is 1.82. The number of carbonyl (C=O) groups excluding carboxylic acids is 2. The van der Waals surface area contributed by atoms with Gasteiger partial charge in [-0.05, 0) is 30.3 Å². The van der Waals surface area contributed by atoms with Gasteiger partial charge >= 0.3 is 0 Å². The molecular formula is C16H15FN2O2. The topological polar surface area (TPSA) is 49.4 Å². The largest absolute Gasteiger partial charge is 0.326 e. The molecule has 2 aromatic carbocycles. The molecule has 0 saturated carbocycles. The number of hydrogen-bond acceptors (Lipinski definition) is 2. The zero-order valence-corrected chi connectivity index (χ0v) is 11.5. The number of hydrogen-bond donors (Lipinski definition) is 1. The highest BCUT2D eigenvalue weighted by Crippen LogP contribution is 2.13. The minimum atomic E-state index is -0.478. The highest BCUT2D eigenvalue weighted by molar-refractivity contribution is 6.08. The fraction of sp³-hybridized carbons (Fsp3) is 0.125. The Balaban J connectivity index is 1.95. The predicted octanol–water partition coefficient (Wildman–Crippen LogP) is 2.82. The molecule has 0 spiro atoms. The summed E-state index contributed by atoms with van der Waals surface area (Å²) in [5.74, 6) is -1.26. The van der Waals surface area contributed by atoms with Crippen molar-refractivity contribution >= 4 is 23.2 Å². The van der Waals surface area contributed by atoms with Crippen LogP contribution in [0.2, 0.25) is 0 Å². The van der Waals surface area contributed by atoms with Crippen molar-refractivity contribution in [2.24, 2.45) is 0 Å². The Hall–Kier alpha value is -2.69. The third-order valence-electron chi connectivity index (χ3n) is 2.94. The summed E-state index contributed by atoms with van der Waals surface area (Å²) in [7, 11) is 1.60. The molecule has 4 nitrogen and oxygen atoms in total. The van der Waals surface area contributed by atoms with Gasteiger partial charge in [0.1, 0.15) is 12.2 Å². The van der Waals surface area contributed by atoms with Crippen LogP contribution in [0.15, 0.2) is 54.6 Å². The van der Waals surface area contributed by atoms with E-state index in [-0.39, 0.29) is 12.3 Å². The van der Waals surface area contributed by atoms with E-state index < -0.39 is 11.7 Å². The van der Waals surface area contributed by atoms with E-state index in [1.807, 2.05) is 18.2 Å². The first-order valence-corrected chi connectivity index (χ1v) is 6.43. The fourth-order valence-corrected chi connectivity index (χ4v) is 1.82. The van der Waals surface area contributed by atoms with Crippen molar-refractivity contribution in [1.29, 1.82) is 0 Å². The van der Waals surface area contributed by atoms with Crippen LogP contribution in [0.4, 0.5) is 15.8 Å². The maximum atomic E-state index is 13.0. The Bertz CT molecular complexity index is 644. The van der Waals surface area contributed by atoms with Gasteiger partial charge in [0, 0.05) is 18.4 Å². The summed E-state index contributed by atoms with van der Waals surface area (Å²) in [6.07, 6.45) is -0.304. The molecule has 0 radical (unpaired) electrons. The van der Waals surface area contributed by atoms with E-state index in [2.05, 4.69) is 5.32 Å². The second-order valence-corrected chi connectivity index (χ2v) is 4.52. The molecule has 0 bridgehead atoms. The third kappa shape index (κ3) is 4.14. The first kappa shape index (κ1) is 14.7. The minimum absolute atomic E-state index is 0.304. The van der Waals surface area contributed by atoms with Gasteiger partial charge < -0.3 is 10.2 Å². The molecule has 2 aromatic rings. The van der Waals surface area contributed by atoms with Gasteiger partial charge in [-0.3, -0.25) is 9.59 Å². The molecule has 0 aliphatic heterocycles. The van der Waals surface area contributed by atoms with Crippen molar-refractivity contribution in [1.82, 2.24) is 0 Å². The number of anilines is 2. The zero-order valence-electron chi connectivity index (χ0n) is 11.5. The van der Waals surface area contributed by atoms with Gasteiger partial charge in [0.15, 0.2) is 0 Å². The molecule has 2 rings (SSSR count). The SMILES string of the molecule is CN(C(=O)CC(=O)Nc1cccc(F)c1)c1ccccc1. The lowest BCUT2D eigenvalue weighted by molar-refractivity contribution is -0.125. The number of amides is 2. The number of para-hydroxylation sites is 1. The van der Waals surface area contributed by atoms with Crippen LogP contribution in [-0.4, -0.2) is 18.9 Å². The van der Waals surface area contributed by atoms with Gasteiger partial charge in [-0.1, -0.05) is 24.3 Å². The Labute approximate surface area is 122 Å². The summed E-state index contributed by atoms with van der Waals surface area (Å²) < 4.78 is 13.0. The van der Waals surface area contributed by atoms with E-state index in [0.717, 1.165) is 0 Å². The van der Waals surface area contributed by atoms with Crippen molar-refractivity contribution in [3.05, 3.63) is 60.4 Å². The molecule has 0 aliphatic carbocycles. The average molecular weight is 286 g/mol. The van der Waals surface area contributed by atoms with Crippen molar-refractivity contribution < 1.29 is 14.0 Å². The van der Waals surface area contributed by atoms with Crippen LogP contribution in [0.5, 0.6) is 0 Å². The number of carbonyl (C=O) groups is 2. The molecule has 0 saturated heterocycles. The van der Waals surface area contributed by atoms with Crippen molar-refractivity contribution in [3.63, 3.8) is 0 Å². The van der Waals surface area contributed by atoms with E-state index in [4.69, 9.17) is 0 Å². The van der Waals surface area contributed by atoms with Crippen molar-refractivity contribution in [3.8, 4) is 0 Å². The van der Waals surface area contributed by atoms with Gasteiger partial charge in [0.25, 0.3) is 0 Å². The molecule has 0 atom stereocenters. The number of benzene rings is 2. The van der Waals surface area contributed by atoms with Crippen LogP contribution < -0.4 is 10.2 Å². The third-order valence-corrected chi connectivity index (χ3v) is 2.94. The molecule has 108 valence electrons. The molecule has 2 amide bonds. The van der Waals surface area contributed by atoms with E-state index in [0.29, 0.717) is 11.4 Å². The van der Waals surface area contributed by atoms with Crippen LogP contribution in [-0.2, 0) is 9.59 Å². The molecule has 0 heterocycles. The Morgan fingerprint density at radius 1 is 1.10 bits per heavy atom. The molecular weight excluding hydrogens is 271 g/mol. The summed E-state index contributed by atoms with van der Waals surface area (Å²) in [6.45, 7) is 0. The molecule has 5 heteroatoms. The maximum Gasteiger partial charge on any atom is 0.236 e. The smallest absolute Gasteiger partial charge is 0.236 e. The maximum absolute atomic E-state index is 13.0. The summed E-state index contributed by atoms with van der Waals surface area (Å²) in [6, 6.07) is 14.6. The molecule has 21 heavy (non-hydrogen) atoms. The van der Waals surface area contributed by atoms with Gasteiger partial charge in [-0.2, -0.15) is 0 Å². The standard InChI is InChI=1S/C16H15FN2O2/c1-19(14-8-3-2-4-9-14)16(21)11-15(20)18-13-7-5-6-12(17)10-13/h2-10H,11H2,1H3,(H,18,20). The number of rotatable bonds is 4. The molecule has 0 aromatic heterocycles. The first-order valence-electron chi connectivity index (χ1n) is 6.43. The van der Waals surface area contributed by atoms with Crippen LogP contribution in [0.1, 0.15) is 6.42 Å². The molecule has 0 aliphatic rings. The van der Waals surface area contributed by atoms with E-state index in [1.165, 1.54) is 23.1 Å². The van der Waals surface area contributed by atoms with E-state index >= 15 is 0 Å². The van der Waals surface area contributed by atoms with Crippen LogP contribution >= 0.6 is 0 Å².